The molecule has 1 aliphatic heterocycles. The summed E-state index contributed by atoms with van der Waals surface area (Å²) < 4.78 is 7.77. The van der Waals surface area contributed by atoms with E-state index in [0.29, 0.717) is 12.6 Å². The fraction of sp³-hybridized carbons (Fsp3) is 0.615. The van der Waals surface area contributed by atoms with Crippen LogP contribution >= 0.6 is 31.9 Å². The van der Waals surface area contributed by atoms with Gasteiger partial charge in [0.25, 0.3) is 0 Å². The lowest BCUT2D eigenvalue weighted by Gasteiger charge is -2.43. The van der Waals surface area contributed by atoms with Gasteiger partial charge < -0.3 is 10.5 Å². The van der Waals surface area contributed by atoms with Gasteiger partial charge in [-0.2, -0.15) is 0 Å². The lowest BCUT2D eigenvalue weighted by Crippen LogP contribution is -2.51. The van der Waals surface area contributed by atoms with Crippen LogP contribution in [0.4, 0.5) is 0 Å². The number of morpholine rings is 1. The molecule has 0 bridgehead atoms. The molecule has 0 amide bonds. The second-order valence-electron chi connectivity index (χ2n) is 4.94. The highest BCUT2D eigenvalue weighted by Crippen LogP contribution is 2.34. The summed E-state index contributed by atoms with van der Waals surface area (Å²) in [6.07, 6.45) is 1.81. The minimum Gasteiger partial charge on any atom is -0.374 e. The average molecular weight is 393 g/mol. The Bertz CT molecular complexity index is 442. The molecule has 2 N–H and O–H groups in total. The van der Waals surface area contributed by atoms with Crippen LogP contribution in [0.2, 0.25) is 0 Å². The van der Waals surface area contributed by atoms with E-state index in [1.165, 1.54) is 0 Å². The molecule has 6 heteroatoms. The summed E-state index contributed by atoms with van der Waals surface area (Å²) in [5.41, 5.74) is 6.86. The summed E-state index contributed by atoms with van der Waals surface area (Å²) in [6.45, 7) is 6.52. The van der Waals surface area contributed by atoms with E-state index in [9.17, 15) is 0 Å². The molecule has 1 aromatic rings. The number of hydrogen-bond acceptors (Lipinski definition) is 4. The van der Waals surface area contributed by atoms with Gasteiger partial charge >= 0.3 is 0 Å². The number of pyridine rings is 1. The van der Waals surface area contributed by atoms with E-state index in [-0.39, 0.29) is 12.1 Å². The van der Waals surface area contributed by atoms with Crippen molar-refractivity contribution in [3.63, 3.8) is 0 Å². The van der Waals surface area contributed by atoms with E-state index in [1.54, 1.807) is 0 Å². The van der Waals surface area contributed by atoms with E-state index >= 15 is 0 Å². The summed E-state index contributed by atoms with van der Waals surface area (Å²) in [5, 5.41) is 0. The third-order valence-electron chi connectivity index (χ3n) is 3.40. The first-order chi connectivity index (χ1) is 9.04. The maximum Gasteiger partial charge on any atom is 0.0910 e. The van der Waals surface area contributed by atoms with E-state index < -0.39 is 0 Å². The van der Waals surface area contributed by atoms with Crippen LogP contribution in [-0.4, -0.2) is 41.7 Å². The fourth-order valence-electron chi connectivity index (χ4n) is 2.51. The molecular formula is C13H19Br2N3O. The highest BCUT2D eigenvalue weighted by atomic mass is 79.9. The summed E-state index contributed by atoms with van der Waals surface area (Å²) in [7, 11) is 0. The second-order valence-corrected chi connectivity index (χ2v) is 6.71. The van der Waals surface area contributed by atoms with Gasteiger partial charge in [-0.15, -0.1) is 0 Å². The zero-order valence-corrected chi connectivity index (χ0v) is 14.3. The smallest absolute Gasteiger partial charge is 0.0910 e. The predicted octanol–water partition coefficient (Wildman–Crippen LogP) is 2.72. The van der Waals surface area contributed by atoms with Crippen molar-refractivity contribution in [2.45, 2.75) is 32.0 Å². The van der Waals surface area contributed by atoms with E-state index in [4.69, 9.17) is 10.5 Å². The number of hydrogen-bond donors (Lipinski definition) is 1. The molecule has 1 aromatic heterocycles. The molecule has 2 rings (SSSR count). The first-order valence-corrected chi connectivity index (χ1v) is 8.01. The summed E-state index contributed by atoms with van der Waals surface area (Å²) in [4.78, 5) is 6.97. The average Bonchev–Trinajstić information content (AvgIpc) is 2.38. The van der Waals surface area contributed by atoms with Crippen LogP contribution in [0.1, 0.15) is 25.6 Å². The molecule has 2 atom stereocenters. The maximum absolute atomic E-state index is 5.87. The first-order valence-electron chi connectivity index (χ1n) is 6.43. The predicted molar refractivity (Wildman–Crippen MR) is 83.0 cm³/mol. The fourth-order valence-corrected chi connectivity index (χ4v) is 3.73. The molecule has 0 spiro atoms. The van der Waals surface area contributed by atoms with Gasteiger partial charge in [-0.1, -0.05) is 0 Å². The molecule has 2 unspecified atom stereocenters. The Hall–Kier alpha value is -0.0100. The number of nitrogens with two attached hydrogens (primary N) is 1. The minimum absolute atomic E-state index is 0.0128. The van der Waals surface area contributed by atoms with Gasteiger partial charge in [-0.05, 0) is 51.8 Å². The van der Waals surface area contributed by atoms with Gasteiger partial charge in [0.15, 0.2) is 0 Å². The topological polar surface area (TPSA) is 51.4 Å². The molecule has 106 valence electrons. The molecule has 4 nitrogen and oxygen atoms in total. The zero-order valence-electron chi connectivity index (χ0n) is 11.1. The number of ether oxygens (including phenoxy) is 1. The molecule has 0 aromatic carbocycles. The SMILES string of the molecule is CC(C)N1CCOC(CN)C1c1ncc(Br)cc1Br. The van der Waals surface area contributed by atoms with Gasteiger partial charge in [-0.3, -0.25) is 9.88 Å². The Morgan fingerprint density at radius 2 is 2.26 bits per heavy atom. The van der Waals surface area contributed by atoms with E-state index in [2.05, 4.69) is 55.6 Å². The van der Waals surface area contributed by atoms with Crippen molar-refractivity contribution in [1.82, 2.24) is 9.88 Å². The minimum atomic E-state index is -0.0128. The van der Waals surface area contributed by atoms with Crippen LogP contribution in [0.25, 0.3) is 0 Å². The quantitative estimate of drug-likeness (QED) is 0.859. The van der Waals surface area contributed by atoms with Crippen molar-refractivity contribution in [3.05, 3.63) is 26.9 Å². The van der Waals surface area contributed by atoms with Crippen LogP contribution in [0.5, 0.6) is 0 Å². The van der Waals surface area contributed by atoms with Gasteiger partial charge in [0, 0.05) is 34.3 Å². The Kier molecular flexibility index (Phi) is 5.37. The normalized spacial score (nSPS) is 24.9. The molecule has 0 saturated carbocycles. The van der Waals surface area contributed by atoms with Gasteiger partial charge in [0.05, 0.1) is 24.4 Å². The summed E-state index contributed by atoms with van der Waals surface area (Å²) in [5.74, 6) is 0. The standard InChI is InChI=1S/C13H19Br2N3O/c1-8(2)18-3-4-19-11(6-16)13(18)12-10(15)5-9(14)7-17-12/h5,7-8,11,13H,3-4,6,16H2,1-2H3. The van der Waals surface area contributed by atoms with Gasteiger partial charge in [-0.25, -0.2) is 0 Å². The second kappa shape index (κ2) is 6.63. The third kappa shape index (κ3) is 3.36. The molecule has 1 aliphatic rings. The van der Waals surface area contributed by atoms with Gasteiger partial charge in [0.1, 0.15) is 0 Å². The number of halogens is 2. The van der Waals surface area contributed by atoms with Crippen LogP contribution < -0.4 is 5.73 Å². The summed E-state index contributed by atoms with van der Waals surface area (Å²) >= 11 is 7.03. The Labute approximate surface area is 131 Å². The Morgan fingerprint density at radius 1 is 1.53 bits per heavy atom. The van der Waals surface area contributed by atoms with E-state index in [0.717, 1.165) is 27.8 Å². The molecule has 19 heavy (non-hydrogen) atoms. The first kappa shape index (κ1) is 15.4. The maximum atomic E-state index is 5.87. The summed E-state index contributed by atoms with van der Waals surface area (Å²) in [6, 6.07) is 2.55. The van der Waals surface area contributed by atoms with Crippen LogP contribution in [0, 0.1) is 0 Å². The number of nitrogens with zero attached hydrogens (tertiary/aromatic N) is 2. The lowest BCUT2D eigenvalue weighted by atomic mass is 10.0. The van der Waals surface area contributed by atoms with Crippen molar-refractivity contribution in [2.24, 2.45) is 5.73 Å². The zero-order chi connectivity index (χ0) is 14.0. The van der Waals surface area contributed by atoms with Crippen molar-refractivity contribution < 1.29 is 4.74 Å². The molecular weight excluding hydrogens is 374 g/mol. The van der Waals surface area contributed by atoms with Gasteiger partial charge in [0.2, 0.25) is 0 Å². The Balaban J connectivity index is 2.39. The van der Waals surface area contributed by atoms with E-state index in [1.807, 2.05) is 12.3 Å². The van der Waals surface area contributed by atoms with Crippen LogP contribution in [0.15, 0.2) is 21.2 Å². The van der Waals surface area contributed by atoms with Crippen molar-refractivity contribution in [3.8, 4) is 0 Å². The number of aromatic nitrogens is 1. The van der Waals surface area contributed by atoms with Crippen molar-refractivity contribution in [1.29, 1.82) is 0 Å². The molecule has 2 heterocycles. The van der Waals surface area contributed by atoms with Crippen LogP contribution in [-0.2, 0) is 4.74 Å². The van der Waals surface area contributed by atoms with Crippen molar-refractivity contribution >= 4 is 31.9 Å². The number of rotatable bonds is 3. The molecule has 0 aliphatic carbocycles. The largest absolute Gasteiger partial charge is 0.374 e. The highest BCUT2D eigenvalue weighted by molar-refractivity contribution is 9.11. The third-order valence-corrected chi connectivity index (χ3v) is 4.47. The molecule has 1 fully saturated rings. The van der Waals surface area contributed by atoms with Crippen LogP contribution in [0.3, 0.4) is 0 Å². The van der Waals surface area contributed by atoms with Crippen molar-refractivity contribution in [2.75, 3.05) is 19.7 Å². The lowest BCUT2D eigenvalue weighted by molar-refractivity contribution is -0.0805. The molecule has 0 radical (unpaired) electrons. The Morgan fingerprint density at radius 3 is 2.84 bits per heavy atom. The monoisotopic (exact) mass is 391 g/mol. The molecule has 1 saturated heterocycles. The highest BCUT2D eigenvalue weighted by Gasteiger charge is 2.36.